The first-order valence-electron chi connectivity index (χ1n) is 5.38. The van der Waals surface area contributed by atoms with Crippen molar-refractivity contribution in [3.05, 3.63) is 27.3 Å². The number of aliphatic hydroxyl groups is 1. The molecule has 0 radical (unpaired) electrons. The first kappa shape index (κ1) is 16.2. The van der Waals surface area contributed by atoms with Gasteiger partial charge < -0.3 is 10.4 Å². The Balaban J connectivity index is 2.73. The van der Waals surface area contributed by atoms with E-state index in [0.717, 1.165) is 9.13 Å². The number of benzene rings is 1. The van der Waals surface area contributed by atoms with Gasteiger partial charge in [0.25, 0.3) is 0 Å². The Bertz CT molecular complexity index is 486. The van der Waals surface area contributed by atoms with E-state index in [1.54, 1.807) is 18.2 Å². The summed E-state index contributed by atoms with van der Waals surface area (Å²) in [6.45, 7) is 2.45. The minimum absolute atomic E-state index is 0.401. The molecule has 106 valence electrons. The Hall–Kier alpha value is -0.830. The summed E-state index contributed by atoms with van der Waals surface area (Å²) >= 11 is 2.06. The third-order valence-electron chi connectivity index (χ3n) is 2.57. The third kappa shape index (κ3) is 4.34. The van der Waals surface area contributed by atoms with Crippen LogP contribution in [0.25, 0.3) is 0 Å². The summed E-state index contributed by atoms with van der Waals surface area (Å²) in [5.74, 6) is -0.887. The van der Waals surface area contributed by atoms with E-state index in [1.165, 1.54) is 0 Å². The zero-order valence-corrected chi connectivity index (χ0v) is 12.5. The molecule has 0 aliphatic heterocycles. The van der Waals surface area contributed by atoms with Gasteiger partial charge >= 0.3 is 6.18 Å². The van der Waals surface area contributed by atoms with Gasteiger partial charge in [-0.1, -0.05) is 6.07 Å². The van der Waals surface area contributed by atoms with Gasteiger partial charge in [0.2, 0.25) is 5.91 Å². The average Bonchev–Trinajstić information content (AvgIpc) is 2.21. The van der Waals surface area contributed by atoms with Gasteiger partial charge in [0.05, 0.1) is 6.42 Å². The summed E-state index contributed by atoms with van der Waals surface area (Å²) in [6.07, 6.45) is -5.88. The van der Waals surface area contributed by atoms with Crippen molar-refractivity contribution in [2.24, 2.45) is 0 Å². The molecule has 7 heteroatoms. The van der Waals surface area contributed by atoms with Gasteiger partial charge in [-0.15, -0.1) is 0 Å². The molecule has 1 aromatic rings. The van der Waals surface area contributed by atoms with E-state index in [4.69, 9.17) is 0 Å². The van der Waals surface area contributed by atoms with Gasteiger partial charge in [0.15, 0.2) is 5.60 Å². The number of halogens is 4. The van der Waals surface area contributed by atoms with Crippen LogP contribution < -0.4 is 5.32 Å². The molecule has 0 heterocycles. The zero-order valence-electron chi connectivity index (χ0n) is 10.3. The van der Waals surface area contributed by atoms with Crippen molar-refractivity contribution in [1.82, 2.24) is 0 Å². The molecular formula is C12H13F3INO2. The summed E-state index contributed by atoms with van der Waals surface area (Å²) < 4.78 is 38.1. The number of hydrogen-bond acceptors (Lipinski definition) is 2. The van der Waals surface area contributed by atoms with Gasteiger partial charge in [-0.25, -0.2) is 0 Å². The van der Waals surface area contributed by atoms with Crippen molar-refractivity contribution < 1.29 is 23.1 Å². The molecule has 19 heavy (non-hydrogen) atoms. The smallest absolute Gasteiger partial charge is 0.380 e. The van der Waals surface area contributed by atoms with Crippen LogP contribution in [0, 0.1) is 10.5 Å². The Morgan fingerprint density at radius 2 is 2.00 bits per heavy atom. The Morgan fingerprint density at radius 3 is 2.47 bits per heavy atom. The monoisotopic (exact) mass is 387 g/mol. The van der Waals surface area contributed by atoms with Gasteiger partial charge in [0.1, 0.15) is 0 Å². The fourth-order valence-corrected chi connectivity index (χ4v) is 1.80. The van der Waals surface area contributed by atoms with E-state index in [1.807, 2.05) is 6.92 Å². The lowest BCUT2D eigenvalue weighted by Gasteiger charge is -2.25. The number of carbonyl (C=O) groups is 1. The molecule has 1 aromatic carbocycles. The SMILES string of the molecule is Cc1ccc(NC(=O)C[C@](C)(O)C(F)(F)F)cc1I. The standard InChI is InChI=1S/C12H13F3INO2/c1-7-3-4-8(5-9(7)16)17-10(18)6-11(2,19)12(13,14)15/h3-5,19H,6H2,1-2H3,(H,17,18)/t11-/m0/s1. The molecule has 0 fully saturated rings. The number of hydrogen-bond donors (Lipinski definition) is 2. The lowest BCUT2D eigenvalue weighted by Crippen LogP contribution is -2.44. The minimum Gasteiger partial charge on any atom is -0.380 e. The van der Waals surface area contributed by atoms with Gasteiger partial charge in [0, 0.05) is 9.26 Å². The van der Waals surface area contributed by atoms with Crippen molar-refractivity contribution in [1.29, 1.82) is 0 Å². The summed E-state index contributed by atoms with van der Waals surface area (Å²) in [4.78, 5) is 11.5. The van der Waals surface area contributed by atoms with Crippen LogP contribution in [-0.2, 0) is 4.79 Å². The van der Waals surface area contributed by atoms with Crippen LogP contribution in [0.3, 0.4) is 0 Å². The van der Waals surface area contributed by atoms with Crippen molar-refractivity contribution in [3.8, 4) is 0 Å². The number of rotatable bonds is 3. The van der Waals surface area contributed by atoms with Crippen LogP contribution in [0.4, 0.5) is 18.9 Å². The molecule has 1 amide bonds. The summed E-state index contributed by atoms with van der Waals surface area (Å²) in [5.41, 5.74) is -1.63. The fourth-order valence-electron chi connectivity index (χ4n) is 1.29. The summed E-state index contributed by atoms with van der Waals surface area (Å²) in [5, 5.41) is 11.5. The Kier molecular flexibility index (Phi) is 4.83. The number of amides is 1. The molecule has 0 aliphatic carbocycles. The molecule has 3 nitrogen and oxygen atoms in total. The van der Waals surface area contributed by atoms with Gasteiger partial charge in [-0.2, -0.15) is 13.2 Å². The van der Waals surface area contributed by atoms with Crippen LogP contribution in [0.2, 0.25) is 0 Å². The molecule has 0 unspecified atom stereocenters. The molecule has 0 saturated carbocycles. The molecule has 0 spiro atoms. The van der Waals surface area contributed by atoms with Crippen LogP contribution in [0.15, 0.2) is 18.2 Å². The van der Waals surface area contributed by atoms with Crippen molar-refractivity contribution in [2.45, 2.75) is 32.0 Å². The van der Waals surface area contributed by atoms with Crippen molar-refractivity contribution in [3.63, 3.8) is 0 Å². The maximum Gasteiger partial charge on any atom is 0.417 e. The Morgan fingerprint density at radius 1 is 1.42 bits per heavy atom. The molecule has 0 aromatic heterocycles. The minimum atomic E-state index is -4.84. The van der Waals surface area contributed by atoms with Crippen molar-refractivity contribution >= 4 is 34.2 Å². The first-order valence-corrected chi connectivity index (χ1v) is 6.46. The second kappa shape index (κ2) is 5.66. The van der Waals surface area contributed by atoms with E-state index >= 15 is 0 Å². The fraction of sp³-hybridized carbons (Fsp3) is 0.417. The number of aryl methyl sites for hydroxylation is 1. The van der Waals surface area contributed by atoms with Crippen LogP contribution in [0.5, 0.6) is 0 Å². The van der Waals surface area contributed by atoms with E-state index in [9.17, 15) is 23.1 Å². The molecule has 0 bridgehead atoms. The largest absolute Gasteiger partial charge is 0.417 e. The summed E-state index contributed by atoms with van der Waals surface area (Å²) in [6, 6.07) is 4.99. The molecule has 0 aliphatic rings. The normalized spacial score (nSPS) is 14.9. The van der Waals surface area contributed by atoms with E-state index in [2.05, 4.69) is 27.9 Å². The molecule has 1 rings (SSSR count). The van der Waals surface area contributed by atoms with E-state index in [-0.39, 0.29) is 0 Å². The number of nitrogens with one attached hydrogen (secondary N) is 1. The van der Waals surface area contributed by atoms with Crippen molar-refractivity contribution in [2.75, 3.05) is 5.32 Å². The van der Waals surface area contributed by atoms with Crippen LogP contribution >= 0.6 is 22.6 Å². The molecule has 1 atom stereocenters. The highest BCUT2D eigenvalue weighted by Gasteiger charge is 2.50. The Labute approximate surface area is 122 Å². The molecule has 2 N–H and O–H groups in total. The maximum absolute atomic E-state index is 12.4. The highest BCUT2D eigenvalue weighted by molar-refractivity contribution is 14.1. The van der Waals surface area contributed by atoms with Crippen LogP contribution in [-0.4, -0.2) is 22.8 Å². The third-order valence-corrected chi connectivity index (χ3v) is 3.73. The second-order valence-electron chi connectivity index (χ2n) is 4.46. The molecular weight excluding hydrogens is 374 g/mol. The summed E-state index contributed by atoms with van der Waals surface area (Å²) in [7, 11) is 0. The van der Waals surface area contributed by atoms with Gasteiger partial charge in [-0.05, 0) is 54.1 Å². The van der Waals surface area contributed by atoms with Crippen LogP contribution in [0.1, 0.15) is 18.9 Å². The van der Waals surface area contributed by atoms with E-state index < -0.39 is 24.1 Å². The maximum atomic E-state index is 12.4. The average molecular weight is 387 g/mol. The molecule has 0 saturated heterocycles. The predicted molar refractivity (Wildman–Crippen MR) is 73.8 cm³/mol. The highest BCUT2D eigenvalue weighted by Crippen LogP contribution is 2.32. The number of anilines is 1. The van der Waals surface area contributed by atoms with Gasteiger partial charge in [-0.3, -0.25) is 4.79 Å². The zero-order chi connectivity index (χ0) is 14.8. The number of alkyl halides is 3. The highest BCUT2D eigenvalue weighted by atomic mass is 127. The first-order chi connectivity index (χ1) is 8.53. The quantitative estimate of drug-likeness (QED) is 0.783. The number of carbonyl (C=O) groups excluding carboxylic acids is 1. The van der Waals surface area contributed by atoms with E-state index in [0.29, 0.717) is 12.6 Å². The lowest BCUT2D eigenvalue weighted by atomic mass is 10.0. The second-order valence-corrected chi connectivity index (χ2v) is 5.62. The lowest BCUT2D eigenvalue weighted by molar-refractivity contribution is -0.252. The predicted octanol–water partition coefficient (Wildman–Crippen LogP) is 3.24. The topological polar surface area (TPSA) is 49.3 Å².